The summed E-state index contributed by atoms with van der Waals surface area (Å²) in [4.78, 5) is 11.2. The van der Waals surface area contributed by atoms with Gasteiger partial charge in [0.2, 0.25) is 0 Å². The molecule has 3 rings (SSSR count). The number of anilines is 1. The predicted molar refractivity (Wildman–Crippen MR) is 109 cm³/mol. The van der Waals surface area contributed by atoms with Crippen molar-refractivity contribution in [1.82, 2.24) is 9.97 Å². The van der Waals surface area contributed by atoms with Gasteiger partial charge in [0.1, 0.15) is 17.9 Å². The molecule has 1 aromatic heterocycles. The van der Waals surface area contributed by atoms with Gasteiger partial charge in [0.15, 0.2) is 0 Å². The molecule has 5 heteroatoms. The van der Waals surface area contributed by atoms with Crippen LogP contribution in [0.1, 0.15) is 29.9 Å². The first-order valence-electron chi connectivity index (χ1n) is 8.87. The molecule has 0 unspecified atom stereocenters. The van der Waals surface area contributed by atoms with Crippen molar-refractivity contribution in [3.05, 3.63) is 70.6 Å². The summed E-state index contributed by atoms with van der Waals surface area (Å²) in [5.74, 6) is 2.51. The lowest BCUT2D eigenvalue weighted by Gasteiger charge is -2.34. The molecule has 4 nitrogen and oxygen atoms in total. The number of nitrogens with zero attached hydrogens (tertiary/aromatic N) is 3. The molecule has 26 heavy (non-hydrogen) atoms. The standard InChI is InChI=1S/C21H24BrN3O/c1-16-14-18(22)6-5-11-23-15-24-21(16)25-12-9-17(10-13-25)19-7-3-4-8-20(19)26-2/h3-8,11,14-15,17H,9-10,12-13H2,1-2H3. The topological polar surface area (TPSA) is 38.2 Å². The molecule has 0 atom stereocenters. The lowest BCUT2D eigenvalue weighted by atomic mass is 9.88. The van der Waals surface area contributed by atoms with Gasteiger partial charge in [-0.25, -0.2) is 9.97 Å². The van der Waals surface area contributed by atoms with Gasteiger partial charge in [0.05, 0.1) is 7.11 Å². The summed E-state index contributed by atoms with van der Waals surface area (Å²) in [5.41, 5.74) is 2.44. The number of para-hydroxylation sites is 1. The first kappa shape index (κ1) is 18.6. The van der Waals surface area contributed by atoms with Crippen molar-refractivity contribution in [3.8, 4) is 5.75 Å². The van der Waals surface area contributed by atoms with Gasteiger partial charge in [-0.05, 0) is 61.1 Å². The molecule has 0 N–H and O–H groups in total. The maximum Gasteiger partial charge on any atom is 0.133 e. The van der Waals surface area contributed by atoms with Crippen LogP contribution in [0, 0.1) is 6.92 Å². The molecule has 136 valence electrons. The number of piperidine rings is 1. The number of ether oxygens (including phenoxy) is 1. The van der Waals surface area contributed by atoms with Crippen LogP contribution in [-0.2, 0) is 0 Å². The van der Waals surface area contributed by atoms with E-state index in [2.05, 4.69) is 55.9 Å². The van der Waals surface area contributed by atoms with Crippen LogP contribution < -0.4 is 9.64 Å². The fourth-order valence-corrected chi connectivity index (χ4v) is 3.97. The molecule has 1 saturated heterocycles. The quantitative estimate of drug-likeness (QED) is 0.704. The Labute approximate surface area is 163 Å². The fraction of sp³-hybridized carbons (Fsp3) is 0.333. The third-order valence-electron chi connectivity index (χ3n) is 4.75. The number of rotatable bonds is 3. The van der Waals surface area contributed by atoms with Gasteiger partial charge in [-0.15, -0.1) is 0 Å². The van der Waals surface area contributed by atoms with Crippen LogP contribution in [0.25, 0.3) is 0 Å². The van der Waals surface area contributed by atoms with Crippen molar-refractivity contribution in [2.75, 3.05) is 25.1 Å². The molecule has 1 fully saturated rings. The van der Waals surface area contributed by atoms with Gasteiger partial charge in [-0.3, -0.25) is 0 Å². The van der Waals surface area contributed by atoms with Crippen molar-refractivity contribution in [2.45, 2.75) is 25.7 Å². The largest absolute Gasteiger partial charge is 0.496 e. The van der Waals surface area contributed by atoms with Crippen LogP contribution in [0.15, 0.2) is 59.5 Å². The van der Waals surface area contributed by atoms with E-state index in [4.69, 9.17) is 4.74 Å². The van der Waals surface area contributed by atoms with Crippen LogP contribution in [0.2, 0.25) is 0 Å². The summed E-state index contributed by atoms with van der Waals surface area (Å²) in [6, 6.07) is 14.3. The van der Waals surface area contributed by atoms with E-state index in [-0.39, 0.29) is 0 Å². The Kier molecular flexibility index (Phi) is 6.45. The lowest BCUT2D eigenvalue weighted by Crippen LogP contribution is -2.33. The van der Waals surface area contributed by atoms with E-state index < -0.39 is 0 Å². The highest BCUT2D eigenvalue weighted by Gasteiger charge is 2.24. The molecule has 2 aromatic rings. The fourth-order valence-electron chi connectivity index (χ4n) is 3.47. The highest BCUT2D eigenvalue weighted by molar-refractivity contribution is 9.10. The van der Waals surface area contributed by atoms with Crippen LogP contribution in [0.5, 0.6) is 5.75 Å². The van der Waals surface area contributed by atoms with E-state index in [1.807, 2.05) is 24.3 Å². The van der Waals surface area contributed by atoms with Gasteiger partial charge in [-0.1, -0.05) is 34.1 Å². The first-order chi connectivity index (χ1) is 12.7. The van der Waals surface area contributed by atoms with E-state index in [0.29, 0.717) is 5.92 Å². The minimum atomic E-state index is 0.523. The molecule has 0 saturated carbocycles. The second kappa shape index (κ2) is 8.99. The molecule has 0 bridgehead atoms. The summed E-state index contributed by atoms with van der Waals surface area (Å²) < 4.78 is 6.56. The molecule has 1 aromatic carbocycles. The SMILES string of the molecule is COc1ccccc1C1CCN(c2ncncccc(Br)cc2C)CC1. The molecule has 0 aliphatic carbocycles. The molecule has 1 aliphatic heterocycles. The number of halogens is 1. The Morgan fingerprint density at radius 1 is 1.12 bits per heavy atom. The normalized spacial score (nSPS) is 14.7. The molecular weight excluding hydrogens is 390 g/mol. The third-order valence-corrected chi connectivity index (χ3v) is 5.25. The van der Waals surface area contributed by atoms with Crippen LogP contribution in [0.4, 0.5) is 5.82 Å². The maximum atomic E-state index is 5.54. The van der Waals surface area contributed by atoms with Crippen LogP contribution >= 0.6 is 15.9 Å². The highest BCUT2D eigenvalue weighted by atomic mass is 79.9. The zero-order valence-electron chi connectivity index (χ0n) is 15.2. The van der Waals surface area contributed by atoms with E-state index in [1.54, 1.807) is 19.6 Å². The molecule has 2 heterocycles. The number of hydrogen-bond donors (Lipinski definition) is 0. The van der Waals surface area contributed by atoms with E-state index >= 15 is 0 Å². The Hall–Kier alpha value is -2.14. The Morgan fingerprint density at radius 3 is 2.65 bits per heavy atom. The van der Waals surface area contributed by atoms with E-state index in [0.717, 1.165) is 47.5 Å². The summed E-state index contributed by atoms with van der Waals surface area (Å²) >= 11 is 3.58. The summed E-state index contributed by atoms with van der Waals surface area (Å²) in [5, 5.41) is 0. The zero-order chi connectivity index (χ0) is 18.4. The third kappa shape index (κ3) is 4.52. The Bertz CT molecular complexity index is 803. The molecule has 1 aliphatic rings. The predicted octanol–water partition coefficient (Wildman–Crippen LogP) is 5.06. The number of aromatic nitrogens is 2. The van der Waals surface area contributed by atoms with Crippen molar-refractivity contribution in [3.63, 3.8) is 0 Å². The van der Waals surface area contributed by atoms with Gasteiger partial charge in [0, 0.05) is 23.8 Å². The number of methoxy groups -OCH3 is 1. The minimum absolute atomic E-state index is 0.523. The van der Waals surface area contributed by atoms with E-state index in [9.17, 15) is 0 Å². The van der Waals surface area contributed by atoms with Crippen molar-refractivity contribution in [2.24, 2.45) is 0 Å². The van der Waals surface area contributed by atoms with E-state index in [1.165, 1.54) is 5.56 Å². The van der Waals surface area contributed by atoms with Gasteiger partial charge >= 0.3 is 0 Å². The molecule has 0 amide bonds. The summed E-state index contributed by atoms with van der Waals surface area (Å²) in [6.07, 6.45) is 5.54. The van der Waals surface area contributed by atoms with Gasteiger partial charge < -0.3 is 9.64 Å². The maximum absolute atomic E-state index is 5.54. The Balaban J connectivity index is 1.82. The first-order valence-corrected chi connectivity index (χ1v) is 9.66. The van der Waals surface area contributed by atoms with Crippen molar-refractivity contribution < 1.29 is 4.74 Å². The highest BCUT2D eigenvalue weighted by Crippen LogP contribution is 2.35. The molecular formula is C21H24BrN3O. The van der Waals surface area contributed by atoms with Crippen LogP contribution in [-0.4, -0.2) is 30.2 Å². The average molecular weight is 414 g/mol. The number of hydrogen-bond acceptors (Lipinski definition) is 4. The lowest BCUT2D eigenvalue weighted by molar-refractivity contribution is 0.397. The smallest absolute Gasteiger partial charge is 0.133 e. The van der Waals surface area contributed by atoms with Gasteiger partial charge in [-0.2, -0.15) is 0 Å². The average Bonchev–Trinajstić information content (AvgIpc) is 2.67. The van der Waals surface area contributed by atoms with Crippen molar-refractivity contribution in [1.29, 1.82) is 0 Å². The summed E-state index contributed by atoms with van der Waals surface area (Å²) in [7, 11) is 1.75. The molecule has 0 radical (unpaired) electrons. The monoisotopic (exact) mass is 413 g/mol. The molecule has 0 spiro atoms. The summed E-state index contributed by atoms with van der Waals surface area (Å²) in [6.45, 7) is 4.04. The Morgan fingerprint density at radius 2 is 1.88 bits per heavy atom. The van der Waals surface area contributed by atoms with Gasteiger partial charge in [0.25, 0.3) is 0 Å². The number of benzene rings is 1. The van der Waals surface area contributed by atoms with Crippen LogP contribution in [0.3, 0.4) is 0 Å². The van der Waals surface area contributed by atoms with Crippen molar-refractivity contribution >= 4 is 21.7 Å². The second-order valence-electron chi connectivity index (χ2n) is 6.44. The zero-order valence-corrected chi connectivity index (χ0v) is 16.8. The minimum Gasteiger partial charge on any atom is -0.496 e. The second-order valence-corrected chi connectivity index (χ2v) is 7.36. The number of aryl methyl sites for hydroxylation is 1.